The molecule has 0 bridgehead atoms. The summed E-state index contributed by atoms with van der Waals surface area (Å²) in [5, 5.41) is 9.12. The number of hydrogen-bond acceptors (Lipinski definition) is 3. The van der Waals surface area contributed by atoms with Crippen LogP contribution >= 0.6 is 0 Å². The van der Waals surface area contributed by atoms with E-state index in [4.69, 9.17) is 9.47 Å². The van der Waals surface area contributed by atoms with Crippen molar-refractivity contribution < 1.29 is 9.47 Å². The molecule has 0 aromatic heterocycles. The minimum atomic E-state index is -1.73. The molecule has 1 fully saturated rings. The third-order valence-electron chi connectivity index (χ3n) is 3.59. The number of allylic oxidation sites excluding steroid dienone is 1. The molecule has 2 atom stereocenters. The number of methoxy groups -OCH3 is 1. The summed E-state index contributed by atoms with van der Waals surface area (Å²) in [5.74, 6) is 0.769. The van der Waals surface area contributed by atoms with E-state index in [0.717, 1.165) is 5.76 Å². The lowest BCUT2D eigenvalue weighted by Crippen LogP contribution is -2.48. The first-order valence-corrected chi connectivity index (χ1v) is 8.92. The van der Waals surface area contributed by atoms with Gasteiger partial charge in [0.15, 0.2) is 0 Å². The maximum atomic E-state index is 9.64. The van der Waals surface area contributed by atoms with E-state index in [0.29, 0.717) is 6.61 Å². The largest absolute Gasteiger partial charge is 0.497 e. The molecule has 1 heterocycles. The quantitative estimate of drug-likeness (QED) is 0.545. The summed E-state index contributed by atoms with van der Waals surface area (Å²) < 4.78 is 10.8. The Balaban J connectivity index is 2.55. The van der Waals surface area contributed by atoms with Crippen LogP contribution in [0.4, 0.5) is 0 Å². The minimum Gasteiger partial charge on any atom is -0.497 e. The van der Waals surface area contributed by atoms with Gasteiger partial charge in [-0.05, 0) is 18.2 Å². The third-order valence-corrected chi connectivity index (χ3v) is 6.64. The van der Waals surface area contributed by atoms with Crippen molar-refractivity contribution in [2.45, 2.75) is 30.3 Å². The van der Waals surface area contributed by atoms with Gasteiger partial charge < -0.3 is 9.47 Å². The van der Waals surface area contributed by atoms with Crippen LogP contribution in [0.1, 0.15) is 0 Å². The fourth-order valence-electron chi connectivity index (χ4n) is 2.41. The van der Waals surface area contributed by atoms with Gasteiger partial charge in [-0.1, -0.05) is 19.6 Å². The van der Waals surface area contributed by atoms with Gasteiger partial charge in [-0.3, -0.25) is 0 Å². The van der Waals surface area contributed by atoms with Crippen LogP contribution in [-0.2, 0) is 9.47 Å². The van der Waals surface area contributed by atoms with Crippen LogP contribution in [0.5, 0.6) is 0 Å². The van der Waals surface area contributed by atoms with Crippen molar-refractivity contribution in [2.75, 3.05) is 13.7 Å². The normalized spacial score (nSPS) is 36.8. The fraction of sp³-hybridized carbons (Fsp3) is 0.583. The van der Waals surface area contributed by atoms with E-state index in [1.807, 2.05) is 18.2 Å². The zero-order valence-corrected chi connectivity index (χ0v) is 11.2. The number of nitriles is 1. The maximum absolute atomic E-state index is 9.64. The number of rotatable bonds is 2. The predicted molar refractivity (Wildman–Crippen MR) is 64.6 cm³/mol. The molecule has 2 rings (SSSR count). The maximum Gasteiger partial charge on any atom is 0.129 e. The van der Waals surface area contributed by atoms with Crippen LogP contribution < -0.4 is 0 Å². The number of epoxide rings is 1. The molecule has 0 saturated carbocycles. The first-order chi connectivity index (χ1) is 7.41. The average Bonchev–Trinajstić information content (AvgIpc) is 2.98. The average molecular weight is 235 g/mol. The molecule has 0 unspecified atom stereocenters. The van der Waals surface area contributed by atoms with E-state index < -0.39 is 13.1 Å². The standard InChI is InChI=1S/C12H17NO2Si/c1-14-10-5-6-11(9-15-11)12(7-10,8-13)16(2,3)4/h5-7H,9H2,1-4H3/t11-,12-/m0/s1. The molecule has 0 N–H and O–H groups in total. The number of hydrogen-bond donors (Lipinski definition) is 0. The highest BCUT2D eigenvalue weighted by atomic mass is 28.3. The van der Waals surface area contributed by atoms with Gasteiger partial charge in [0.1, 0.15) is 16.4 Å². The summed E-state index contributed by atoms with van der Waals surface area (Å²) in [5.41, 5.74) is -0.381. The van der Waals surface area contributed by atoms with Crippen LogP contribution in [0.2, 0.25) is 24.7 Å². The molecular weight excluding hydrogens is 218 g/mol. The Hall–Kier alpha value is -1.05. The van der Waals surface area contributed by atoms with Gasteiger partial charge in [-0.25, -0.2) is 0 Å². The zero-order chi connectivity index (χ0) is 12.0. The second-order valence-electron chi connectivity index (χ2n) is 5.43. The molecule has 4 heteroatoms. The van der Waals surface area contributed by atoms with Crippen LogP contribution in [0, 0.1) is 11.3 Å². The Morgan fingerprint density at radius 1 is 1.50 bits per heavy atom. The Morgan fingerprint density at radius 3 is 2.50 bits per heavy atom. The van der Waals surface area contributed by atoms with Gasteiger partial charge in [0.05, 0.1) is 27.9 Å². The van der Waals surface area contributed by atoms with Gasteiger partial charge in [0, 0.05) is 0 Å². The molecular formula is C12H17NO2Si. The number of ether oxygens (including phenoxy) is 2. The van der Waals surface area contributed by atoms with Crippen molar-refractivity contribution in [1.82, 2.24) is 0 Å². The predicted octanol–water partition coefficient (Wildman–Crippen LogP) is 2.46. The smallest absolute Gasteiger partial charge is 0.129 e. The molecule has 3 nitrogen and oxygen atoms in total. The van der Waals surface area contributed by atoms with Crippen LogP contribution in [0.15, 0.2) is 24.0 Å². The van der Waals surface area contributed by atoms with Crippen LogP contribution in [-0.4, -0.2) is 27.4 Å². The lowest BCUT2D eigenvalue weighted by atomic mass is 9.88. The molecule has 86 valence electrons. The molecule has 0 aromatic carbocycles. The Kier molecular flexibility index (Phi) is 2.30. The van der Waals surface area contributed by atoms with Gasteiger partial charge >= 0.3 is 0 Å². The van der Waals surface area contributed by atoms with E-state index in [1.165, 1.54) is 0 Å². The van der Waals surface area contributed by atoms with E-state index in [9.17, 15) is 5.26 Å². The van der Waals surface area contributed by atoms with Crippen molar-refractivity contribution >= 4 is 8.07 Å². The van der Waals surface area contributed by atoms with Crippen molar-refractivity contribution in [3.8, 4) is 6.07 Å². The lowest BCUT2D eigenvalue weighted by molar-refractivity contribution is 0.281. The minimum absolute atomic E-state index is 0.381. The molecule has 1 saturated heterocycles. The zero-order valence-electron chi connectivity index (χ0n) is 10.2. The first-order valence-electron chi connectivity index (χ1n) is 5.42. The monoisotopic (exact) mass is 235 g/mol. The Morgan fingerprint density at radius 2 is 2.12 bits per heavy atom. The molecule has 2 aliphatic rings. The molecule has 0 radical (unpaired) electrons. The summed E-state index contributed by atoms with van der Waals surface area (Å²) in [7, 11) is -0.0982. The SMILES string of the molecule is COC1=C[C@@](C#N)([Si](C)(C)C)[C@]2(C=C1)CO2. The second-order valence-corrected chi connectivity index (χ2v) is 10.7. The second kappa shape index (κ2) is 3.22. The molecule has 1 aliphatic heterocycles. The van der Waals surface area contributed by atoms with E-state index in [1.54, 1.807) is 7.11 Å². The highest BCUT2D eigenvalue weighted by Gasteiger charge is 2.66. The molecule has 0 aromatic rings. The van der Waals surface area contributed by atoms with Gasteiger partial charge in [0.2, 0.25) is 0 Å². The van der Waals surface area contributed by atoms with Crippen LogP contribution in [0.3, 0.4) is 0 Å². The Labute approximate surface area is 97.4 Å². The molecule has 0 amide bonds. The van der Waals surface area contributed by atoms with Crippen molar-refractivity contribution in [3.63, 3.8) is 0 Å². The van der Waals surface area contributed by atoms with Gasteiger partial charge in [-0.15, -0.1) is 0 Å². The highest BCUT2D eigenvalue weighted by Crippen LogP contribution is 2.60. The third kappa shape index (κ3) is 1.28. The van der Waals surface area contributed by atoms with Crippen molar-refractivity contribution in [3.05, 3.63) is 24.0 Å². The van der Waals surface area contributed by atoms with Gasteiger partial charge in [0.25, 0.3) is 0 Å². The summed E-state index contributed by atoms with van der Waals surface area (Å²) in [6.45, 7) is 7.24. The van der Waals surface area contributed by atoms with Crippen molar-refractivity contribution in [1.29, 1.82) is 5.26 Å². The lowest BCUT2D eigenvalue weighted by Gasteiger charge is -2.40. The Bertz CT molecular complexity index is 410. The van der Waals surface area contributed by atoms with E-state index >= 15 is 0 Å². The molecule has 1 spiro atoms. The molecule has 16 heavy (non-hydrogen) atoms. The van der Waals surface area contributed by atoms with Gasteiger partial charge in [-0.2, -0.15) is 5.26 Å². The summed E-state index contributed by atoms with van der Waals surface area (Å²) in [4.78, 5) is 0. The molecule has 1 aliphatic carbocycles. The fourth-order valence-corrected chi connectivity index (χ4v) is 4.81. The number of nitrogens with zero attached hydrogens (tertiary/aromatic N) is 1. The summed E-state index contributed by atoms with van der Waals surface area (Å²) in [6, 6.07) is 2.50. The van der Waals surface area contributed by atoms with E-state index in [-0.39, 0.29) is 5.60 Å². The van der Waals surface area contributed by atoms with Crippen LogP contribution in [0.25, 0.3) is 0 Å². The van der Waals surface area contributed by atoms with E-state index in [2.05, 4.69) is 25.7 Å². The summed E-state index contributed by atoms with van der Waals surface area (Å²) >= 11 is 0. The highest BCUT2D eigenvalue weighted by molar-refractivity contribution is 6.81. The summed E-state index contributed by atoms with van der Waals surface area (Å²) in [6.07, 6.45) is 5.86. The topological polar surface area (TPSA) is 45.5 Å². The first kappa shape index (κ1) is 11.4. The van der Waals surface area contributed by atoms with Crippen molar-refractivity contribution in [2.24, 2.45) is 0 Å².